The summed E-state index contributed by atoms with van der Waals surface area (Å²) in [6.45, 7) is 3.03. The van der Waals surface area contributed by atoms with E-state index < -0.39 is 0 Å². The van der Waals surface area contributed by atoms with Crippen LogP contribution in [0.3, 0.4) is 0 Å². The number of aromatic amines is 1. The van der Waals surface area contributed by atoms with Gasteiger partial charge in [-0.05, 0) is 65.8 Å². The second kappa shape index (κ2) is 9.75. The van der Waals surface area contributed by atoms with Crippen molar-refractivity contribution in [2.24, 2.45) is 7.05 Å². The van der Waals surface area contributed by atoms with Gasteiger partial charge in [0.1, 0.15) is 5.82 Å². The molecule has 9 heteroatoms. The van der Waals surface area contributed by atoms with Gasteiger partial charge in [-0.2, -0.15) is 5.10 Å². The van der Waals surface area contributed by atoms with E-state index in [1.807, 2.05) is 50.6 Å². The van der Waals surface area contributed by atoms with Crippen molar-refractivity contribution in [3.05, 3.63) is 90.0 Å². The van der Waals surface area contributed by atoms with E-state index in [0.717, 1.165) is 33.3 Å². The lowest BCUT2D eigenvalue weighted by molar-refractivity contribution is 0.0783. The summed E-state index contributed by atoms with van der Waals surface area (Å²) in [4.78, 5) is 35.6. The number of pyridine rings is 1. The average Bonchev–Trinajstić information content (AvgIpc) is 3.69. The molecule has 0 radical (unpaired) electrons. The van der Waals surface area contributed by atoms with Gasteiger partial charge >= 0.3 is 0 Å². The van der Waals surface area contributed by atoms with E-state index in [9.17, 15) is 9.59 Å². The lowest BCUT2D eigenvalue weighted by Gasteiger charge is -2.18. The van der Waals surface area contributed by atoms with Gasteiger partial charge in [-0.3, -0.25) is 14.3 Å². The normalized spacial score (nSPS) is 15.1. The maximum Gasteiger partial charge on any atom is 0.255 e. The van der Waals surface area contributed by atoms with Crippen LogP contribution in [-0.4, -0.2) is 55.6 Å². The minimum atomic E-state index is -0.302. The molecule has 0 unspecified atom stereocenters. The largest absolute Gasteiger partial charge is 0.383 e. The summed E-state index contributed by atoms with van der Waals surface area (Å²) < 4.78 is 1.69. The number of hydrogen-bond acceptors (Lipinski definition) is 5. The molecular weight excluding hydrogens is 490 g/mol. The van der Waals surface area contributed by atoms with Crippen molar-refractivity contribution in [1.29, 1.82) is 0 Å². The van der Waals surface area contributed by atoms with Crippen molar-refractivity contribution in [2.75, 3.05) is 18.8 Å². The van der Waals surface area contributed by atoms with Crippen LogP contribution in [0.15, 0.2) is 73.3 Å². The third-order valence-corrected chi connectivity index (χ3v) is 7.35. The fourth-order valence-electron chi connectivity index (χ4n) is 5.23. The van der Waals surface area contributed by atoms with Crippen LogP contribution in [0.2, 0.25) is 0 Å². The van der Waals surface area contributed by atoms with E-state index in [1.165, 1.54) is 5.39 Å². The van der Waals surface area contributed by atoms with Gasteiger partial charge in [0.2, 0.25) is 0 Å². The maximum absolute atomic E-state index is 13.3. The lowest BCUT2D eigenvalue weighted by Crippen LogP contribution is -2.38. The number of fused-ring (bicyclic) bond motifs is 1. The summed E-state index contributed by atoms with van der Waals surface area (Å²) in [5.74, 6) is -0.178. The molecule has 6 rings (SSSR count). The topological polar surface area (TPSA) is 122 Å². The summed E-state index contributed by atoms with van der Waals surface area (Å²) in [6, 6.07) is 15.8. The molecule has 1 fully saturated rings. The second-order valence-corrected chi connectivity index (χ2v) is 10.1. The van der Waals surface area contributed by atoms with Crippen LogP contribution in [0.4, 0.5) is 5.82 Å². The van der Waals surface area contributed by atoms with Gasteiger partial charge < -0.3 is 20.9 Å². The molecule has 1 atom stereocenters. The van der Waals surface area contributed by atoms with Crippen molar-refractivity contribution in [1.82, 2.24) is 30.0 Å². The molecule has 5 aromatic rings. The molecule has 196 valence electrons. The number of amides is 2. The zero-order valence-electron chi connectivity index (χ0n) is 21.8. The van der Waals surface area contributed by atoms with Gasteiger partial charge in [0.15, 0.2) is 0 Å². The number of nitrogen functional groups attached to an aromatic ring is 1. The molecule has 1 aliphatic heterocycles. The highest BCUT2D eigenvalue weighted by Crippen LogP contribution is 2.28. The summed E-state index contributed by atoms with van der Waals surface area (Å²) in [7, 11) is 1.83. The van der Waals surface area contributed by atoms with Crippen LogP contribution in [-0.2, 0) is 7.05 Å². The summed E-state index contributed by atoms with van der Waals surface area (Å²) in [5.41, 5.74) is 12.9. The molecule has 1 aliphatic rings. The van der Waals surface area contributed by atoms with E-state index >= 15 is 0 Å². The molecule has 2 amide bonds. The Morgan fingerprint density at radius 2 is 1.92 bits per heavy atom. The molecule has 4 heterocycles. The second-order valence-electron chi connectivity index (χ2n) is 10.1. The highest BCUT2D eigenvalue weighted by atomic mass is 16.2. The first-order chi connectivity index (χ1) is 18.9. The number of anilines is 1. The number of H-pyrrole nitrogens is 1. The maximum atomic E-state index is 13.3. The Kier molecular flexibility index (Phi) is 6.11. The number of benzene rings is 2. The minimum absolute atomic E-state index is 0.0408. The quantitative estimate of drug-likeness (QED) is 0.322. The fourth-order valence-corrected chi connectivity index (χ4v) is 5.23. The Labute approximate surface area is 225 Å². The van der Waals surface area contributed by atoms with Gasteiger partial charge in [0.25, 0.3) is 11.8 Å². The number of carbonyl (C=O) groups excluding carboxylic acids is 2. The van der Waals surface area contributed by atoms with Crippen molar-refractivity contribution >= 4 is 28.5 Å². The molecular formula is C30H29N7O2. The Balaban J connectivity index is 1.13. The van der Waals surface area contributed by atoms with Gasteiger partial charge in [-0.1, -0.05) is 18.2 Å². The zero-order chi connectivity index (χ0) is 27.1. The van der Waals surface area contributed by atoms with E-state index in [4.69, 9.17) is 5.73 Å². The highest BCUT2D eigenvalue weighted by Gasteiger charge is 2.29. The fraction of sp³-hybridized carbons (Fsp3) is 0.200. The van der Waals surface area contributed by atoms with E-state index in [1.54, 1.807) is 28.0 Å². The smallest absolute Gasteiger partial charge is 0.255 e. The van der Waals surface area contributed by atoms with Crippen LogP contribution >= 0.6 is 0 Å². The SMILES string of the molecule is Cc1cc(C(=O)N2CC[C@@H](NC(=O)c3cc(-c4cnn(C)c4)cnc3N)C2)ccc1-c1ccc2cc[nH]c2c1. The number of nitrogens with two attached hydrogens (primary N) is 1. The number of carbonyl (C=O) groups is 2. The lowest BCUT2D eigenvalue weighted by atomic mass is 9.97. The number of nitrogens with one attached hydrogen (secondary N) is 2. The van der Waals surface area contributed by atoms with Crippen LogP contribution < -0.4 is 11.1 Å². The standard InChI is InChI=1S/C30H29N7O2/c1-18-11-21(5-6-25(18)20-4-3-19-7-9-32-27(19)13-20)30(39)37-10-8-24(17-37)35-29(38)26-12-22(14-33-28(26)31)23-15-34-36(2)16-23/h3-7,9,11-16,24,32H,8,10,17H2,1-2H3,(H2,31,33)(H,35,38)/t24-/m1/s1. The van der Waals surface area contributed by atoms with Crippen LogP contribution in [0, 0.1) is 6.92 Å². The Hall–Kier alpha value is -4.92. The first-order valence-electron chi connectivity index (χ1n) is 12.9. The third-order valence-electron chi connectivity index (χ3n) is 7.35. The number of likely N-dealkylation sites (tertiary alicyclic amines) is 1. The summed E-state index contributed by atoms with van der Waals surface area (Å²) in [5, 5.41) is 8.38. The molecule has 9 nitrogen and oxygen atoms in total. The Morgan fingerprint density at radius 1 is 1.05 bits per heavy atom. The summed E-state index contributed by atoms with van der Waals surface area (Å²) in [6.07, 6.45) is 7.79. The van der Waals surface area contributed by atoms with E-state index in [0.29, 0.717) is 30.6 Å². The van der Waals surface area contributed by atoms with Crippen molar-refractivity contribution in [3.8, 4) is 22.3 Å². The molecule has 0 spiro atoms. The predicted octanol–water partition coefficient (Wildman–Crippen LogP) is 4.17. The molecule has 0 saturated carbocycles. The number of aromatic nitrogens is 4. The molecule has 0 bridgehead atoms. The van der Waals surface area contributed by atoms with Crippen LogP contribution in [0.5, 0.6) is 0 Å². The predicted molar refractivity (Wildman–Crippen MR) is 151 cm³/mol. The Bertz CT molecular complexity index is 1720. The van der Waals surface area contributed by atoms with E-state index in [2.05, 4.69) is 38.6 Å². The highest BCUT2D eigenvalue weighted by molar-refractivity contribution is 6.00. The molecule has 2 aromatic carbocycles. The van der Waals surface area contributed by atoms with Crippen molar-refractivity contribution in [2.45, 2.75) is 19.4 Å². The van der Waals surface area contributed by atoms with Crippen molar-refractivity contribution in [3.63, 3.8) is 0 Å². The summed E-state index contributed by atoms with van der Waals surface area (Å²) >= 11 is 0. The minimum Gasteiger partial charge on any atom is -0.383 e. The number of hydrogen-bond donors (Lipinski definition) is 3. The molecule has 1 saturated heterocycles. The number of rotatable bonds is 5. The van der Waals surface area contributed by atoms with Crippen LogP contribution in [0.1, 0.15) is 32.7 Å². The molecule has 39 heavy (non-hydrogen) atoms. The third kappa shape index (κ3) is 4.74. The number of nitrogens with zero attached hydrogens (tertiary/aromatic N) is 4. The molecule has 3 aromatic heterocycles. The number of aryl methyl sites for hydroxylation is 2. The molecule has 4 N–H and O–H groups in total. The Morgan fingerprint density at radius 3 is 2.72 bits per heavy atom. The van der Waals surface area contributed by atoms with E-state index in [-0.39, 0.29) is 23.7 Å². The van der Waals surface area contributed by atoms with Gasteiger partial charge in [-0.25, -0.2) is 4.98 Å². The monoisotopic (exact) mass is 519 g/mol. The van der Waals surface area contributed by atoms with Gasteiger partial charge in [0.05, 0.1) is 11.8 Å². The average molecular weight is 520 g/mol. The van der Waals surface area contributed by atoms with Crippen LogP contribution in [0.25, 0.3) is 33.2 Å². The van der Waals surface area contributed by atoms with Crippen molar-refractivity contribution < 1.29 is 9.59 Å². The molecule has 0 aliphatic carbocycles. The van der Waals surface area contributed by atoms with Gasteiger partial charge in [-0.15, -0.1) is 0 Å². The van der Waals surface area contributed by atoms with Gasteiger partial charge in [0, 0.05) is 67.0 Å². The zero-order valence-corrected chi connectivity index (χ0v) is 21.8. The first kappa shape index (κ1) is 24.4. The first-order valence-corrected chi connectivity index (χ1v) is 12.9.